The van der Waals surface area contributed by atoms with Gasteiger partial charge in [0.25, 0.3) is 0 Å². The lowest BCUT2D eigenvalue weighted by Crippen LogP contribution is -2.17. The molecule has 0 aromatic carbocycles. The fourth-order valence-electron chi connectivity index (χ4n) is 1.14. The summed E-state index contributed by atoms with van der Waals surface area (Å²) in [6, 6.07) is 0.687. The minimum Gasteiger partial charge on any atom is -0.466 e. The van der Waals surface area contributed by atoms with E-state index in [0.29, 0.717) is 6.04 Å². The number of carbonyl (C=O) groups excluding carboxylic acids is 1. The zero-order chi connectivity index (χ0) is 9.68. The quantitative estimate of drug-likeness (QED) is 0.515. The van der Waals surface area contributed by atoms with E-state index in [9.17, 15) is 4.79 Å². The van der Waals surface area contributed by atoms with Crippen molar-refractivity contribution in [3.63, 3.8) is 0 Å². The lowest BCUT2D eigenvalue weighted by Gasteiger charge is -2.02. The number of carbonyl (C=O) groups is 1. The lowest BCUT2D eigenvalue weighted by molar-refractivity contribution is -0.136. The van der Waals surface area contributed by atoms with Crippen molar-refractivity contribution in [1.29, 1.82) is 0 Å². The molecule has 0 atom stereocenters. The zero-order valence-electron chi connectivity index (χ0n) is 8.30. The second kappa shape index (κ2) is 5.02. The Kier molecular flexibility index (Phi) is 3.96. The average molecular weight is 183 g/mol. The summed E-state index contributed by atoms with van der Waals surface area (Å²) in [4.78, 5) is 11.1. The standard InChI is InChI=1S/C10H17NO2/c1-3-8(10(12)13-2)6-7-11-9-4-5-9/h6,9,11H,3-5,7H2,1-2H3. The third-order valence-corrected chi connectivity index (χ3v) is 2.16. The van der Waals surface area contributed by atoms with Gasteiger partial charge in [0.15, 0.2) is 0 Å². The first-order chi connectivity index (χ1) is 6.27. The molecule has 0 bridgehead atoms. The minimum absolute atomic E-state index is 0.208. The largest absolute Gasteiger partial charge is 0.466 e. The fourth-order valence-corrected chi connectivity index (χ4v) is 1.14. The van der Waals surface area contributed by atoms with Crippen LogP contribution in [-0.2, 0) is 9.53 Å². The molecule has 0 heterocycles. The Morgan fingerprint density at radius 1 is 1.62 bits per heavy atom. The first-order valence-electron chi connectivity index (χ1n) is 4.78. The van der Waals surface area contributed by atoms with Crippen molar-refractivity contribution in [2.75, 3.05) is 13.7 Å². The van der Waals surface area contributed by atoms with Crippen molar-refractivity contribution >= 4 is 5.97 Å². The summed E-state index contributed by atoms with van der Waals surface area (Å²) < 4.78 is 4.64. The van der Waals surface area contributed by atoms with Gasteiger partial charge in [0.1, 0.15) is 0 Å². The van der Waals surface area contributed by atoms with Crippen LogP contribution in [-0.4, -0.2) is 25.7 Å². The highest BCUT2D eigenvalue weighted by Gasteiger charge is 2.19. The summed E-state index contributed by atoms with van der Waals surface area (Å²) in [5.74, 6) is -0.208. The van der Waals surface area contributed by atoms with Gasteiger partial charge in [-0.3, -0.25) is 0 Å². The number of methoxy groups -OCH3 is 1. The number of ether oxygens (including phenoxy) is 1. The van der Waals surface area contributed by atoms with Crippen molar-refractivity contribution in [3.8, 4) is 0 Å². The van der Waals surface area contributed by atoms with E-state index in [-0.39, 0.29) is 5.97 Å². The summed E-state index contributed by atoms with van der Waals surface area (Å²) in [6.07, 6.45) is 5.20. The van der Waals surface area contributed by atoms with Crippen molar-refractivity contribution in [2.45, 2.75) is 32.2 Å². The van der Waals surface area contributed by atoms with Crippen LogP contribution in [0.3, 0.4) is 0 Å². The van der Waals surface area contributed by atoms with Crippen LogP contribution < -0.4 is 5.32 Å². The average Bonchev–Trinajstić information content (AvgIpc) is 2.95. The Balaban J connectivity index is 2.29. The Hall–Kier alpha value is -0.830. The van der Waals surface area contributed by atoms with Gasteiger partial charge in [-0.25, -0.2) is 4.79 Å². The molecular formula is C10H17NO2. The van der Waals surface area contributed by atoms with Crippen LogP contribution in [0, 0.1) is 0 Å². The molecule has 1 saturated carbocycles. The van der Waals surface area contributed by atoms with E-state index in [0.717, 1.165) is 18.5 Å². The summed E-state index contributed by atoms with van der Waals surface area (Å²) >= 11 is 0. The summed E-state index contributed by atoms with van der Waals surface area (Å²) in [5, 5.41) is 3.32. The van der Waals surface area contributed by atoms with Crippen molar-refractivity contribution in [3.05, 3.63) is 11.6 Å². The van der Waals surface area contributed by atoms with Crippen LogP contribution >= 0.6 is 0 Å². The van der Waals surface area contributed by atoms with Crippen LogP contribution in [0.15, 0.2) is 11.6 Å². The molecule has 13 heavy (non-hydrogen) atoms. The van der Waals surface area contributed by atoms with Gasteiger partial charge in [-0.2, -0.15) is 0 Å². The van der Waals surface area contributed by atoms with Crippen molar-refractivity contribution < 1.29 is 9.53 Å². The second-order valence-corrected chi connectivity index (χ2v) is 3.26. The predicted molar refractivity (Wildman–Crippen MR) is 51.4 cm³/mol. The lowest BCUT2D eigenvalue weighted by atomic mass is 10.2. The molecule has 0 aromatic rings. The van der Waals surface area contributed by atoms with Gasteiger partial charge >= 0.3 is 5.97 Å². The highest BCUT2D eigenvalue weighted by Crippen LogP contribution is 2.18. The maximum atomic E-state index is 11.1. The first-order valence-corrected chi connectivity index (χ1v) is 4.78. The first kappa shape index (κ1) is 10.3. The minimum atomic E-state index is -0.208. The highest BCUT2D eigenvalue weighted by atomic mass is 16.5. The molecule has 1 aliphatic carbocycles. The Morgan fingerprint density at radius 3 is 2.77 bits per heavy atom. The normalized spacial score (nSPS) is 17.2. The molecule has 0 aliphatic heterocycles. The van der Waals surface area contributed by atoms with E-state index in [2.05, 4.69) is 10.1 Å². The summed E-state index contributed by atoms with van der Waals surface area (Å²) in [6.45, 7) is 2.74. The highest BCUT2D eigenvalue weighted by molar-refractivity contribution is 5.88. The zero-order valence-corrected chi connectivity index (χ0v) is 8.30. The van der Waals surface area contributed by atoms with Gasteiger partial charge in [-0.1, -0.05) is 13.0 Å². The molecule has 0 unspecified atom stereocenters. The number of rotatable bonds is 5. The third-order valence-electron chi connectivity index (χ3n) is 2.16. The molecule has 74 valence electrons. The third kappa shape index (κ3) is 3.59. The maximum absolute atomic E-state index is 11.1. The fraction of sp³-hybridized carbons (Fsp3) is 0.700. The van der Waals surface area contributed by atoms with Gasteiger partial charge in [-0.05, 0) is 19.3 Å². The van der Waals surface area contributed by atoms with Crippen LogP contribution in [0.2, 0.25) is 0 Å². The summed E-state index contributed by atoms with van der Waals surface area (Å²) in [7, 11) is 1.42. The molecule has 3 nitrogen and oxygen atoms in total. The molecule has 1 fully saturated rings. The SMILES string of the molecule is CCC(=CCNC1CC1)C(=O)OC. The molecular weight excluding hydrogens is 166 g/mol. The molecule has 0 amide bonds. The Labute approximate surface area is 79.2 Å². The number of esters is 1. The van der Waals surface area contributed by atoms with Gasteiger partial charge in [0.05, 0.1) is 7.11 Å². The van der Waals surface area contributed by atoms with E-state index in [1.165, 1.54) is 20.0 Å². The molecule has 0 spiro atoms. The van der Waals surface area contributed by atoms with Crippen LogP contribution in [0.1, 0.15) is 26.2 Å². The van der Waals surface area contributed by atoms with E-state index >= 15 is 0 Å². The van der Waals surface area contributed by atoms with Gasteiger partial charge < -0.3 is 10.1 Å². The maximum Gasteiger partial charge on any atom is 0.333 e. The monoisotopic (exact) mass is 183 g/mol. The molecule has 0 aromatic heterocycles. The molecule has 1 rings (SSSR count). The molecule has 1 N–H and O–H groups in total. The number of hydrogen-bond acceptors (Lipinski definition) is 3. The van der Waals surface area contributed by atoms with Crippen LogP contribution in [0.25, 0.3) is 0 Å². The van der Waals surface area contributed by atoms with E-state index < -0.39 is 0 Å². The predicted octanol–water partition coefficient (Wildman–Crippen LogP) is 1.25. The van der Waals surface area contributed by atoms with Crippen LogP contribution in [0.4, 0.5) is 0 Å². The van der Waals surface area contributed by atoms with Crippen LogP contribution in [0.5, 0.6) is 0 Å². The van der Waals surface area contributed by atoms with Gasteiger partial charge in [0.2, 0.25) is 0 Å². The van der Waals surface area contributed by atoms with Crippen molar-refractivity contribution in [2.24, 2.45) is 0 Å². The topological polar surface area (TPSA) is 38.3 Å². The number of nitrogens with one attached hydrogen (secondary N) is 1. The molecule has 3 heteroatoms. The summed E-state index contributed by atoms with van der Waals surface area (Å²) in [5.41, 5.74) is 0.760. The Morgan fingerprint density at radius 2 is 2.31 bits per heavy atom. The second-order valence-electron chi connectivity index (χ2n) is 3.26. The van der Waals surface area contributed by atoms with E-state index in [4.69, 9.17) is 0 Å². The van der Waals surface area contributed by atoms with E-state index in [1.54, 1.807) is 0 Å². The van der Waals surface area contributed by atoms with Gasteiger partial charge in [0, 0.05) is 18.2 Å². The molecule has 1 aliphatic rings. The van der Waals surface area contributed by atoms with E-state index in [1.807, 2.05) is 13.0 Å². The van der Waals surface area contributed by atoms with Crippen molar-refractivity contribution in [1.82, 2.24) is 5.32 Å². The molecule has 0 radical (unpaired) electrons. The smallest absolute Gasteiger partial charge is 0.333 e. The Bertz CT molecular complexity index is 207. The van der Waals surface area contributed by atoms with Gasteiger partial charge in [-0.15, -0.1) is 0 Å². The molecule has 0 saturated heterocycles. The number of hydrogen-bond donors (Lipinski definition) is 1.